The van der Waals surface area contributed by atoms with E-state index in [1.165, 1.54) is 7.11 Å². The molecule has 154 valence electrons. The maximum absolute atomic E-state index is 12.5. The fourth-order valence-corrected chi connectivity index (χ4v) is 3.69. The van der Waals surface area contributed by atoms with Gasteiger partial charge in [-0.1, -0.05) is 24.3 Å². The molecule has 4 rings (SSSR count). The number of methoxy groups -OCH3 is 1. The maximum atomic E-state index is 12.5. The van der Waals surface area contributed by atoms with Gasteiger partial charge in [0.25, 0.3) is 0 Å². The number of carbonyl (C=O) groups is 2. The minimum Gasteiger partial charge on any atom is -0.465 e. The van der Waals surface area contributed by atoms with Crippen molar-refractivity contribution in [2.24, 2.45) is 5.92 Å². The molecule has 8 heteroatoms. The number of nitrogens with zero attached hydrogens (tertiary/aromatic N) is 4. The zero-order valence-electron chi connectivity index (χ0n) is 16.7. The molecule has 0 atom stereocenters. The van der Waals surface area contributed by atoms with Crippen LogP contribution in [0.4, 0.5) is 11.6 Å². The first-order valence-electron chi connectivity index (χ1n) is 9.95. The molecule has 1 N–H and O–H groups in total. The fraction of sp³-hybridized carbons (Fsp3) is 0.318. The Labute approximate surface area is 174 Å². The molecule has 0 saturated carbocycles. The van der Waals surface area contributed by atoms with Crippen molar-refractivity contribution in [3.63, 3.8) is 0 Å². The molecule has 1 aromatic heterocycles. The summed E-state index contributed by atoms with van der Waals surface area (Å²) in [4.78, 5) is 31.1. The van der Waals surface area contributed by atoms with Crippen LogP contribution in [0.3, 0.4) is 0 Å². The summed E-state index contributed by atoms with van der Waals surface area (Å²) in [5, 5.41) is 11.3. The lowest BCUT2D eigenvalue weighted by Gasteiger charge is -2.31. The smallest absolute Gasteiger partial charge is 0.339 e. The lowest BCUT2D eigenvalue weighted by Crippen LogP contribution is -2.36. The van der Waals surface area contributed by atoms with E-state index in [0.29, 0.717) is 23.6 Å². The zero-order valence-corrected chi connectivity index (χ0v) is 16.7. The molecular formula is C22H23N5O3. The molecule has 2 heterocycles. The second kappa shape index (κ2) is 8.86. The predicted octanol–water partition coefficient (Wildman–Crippen LogP) is 3.06. The Morgan fingerprint density at radius 1 is 1.03 bits per heavy atom. The van der Waals surface area contributed by atoms with Crippen molar-refractivity contribution in [2.75, 3.05) is 30.4 Å². The Kier molecular flexibility index (Phi) is 5.83. The van der Waals surface area contributed by atoms with Gasteiger partial charge in [0, 0.05) is 19.5 Å². The Bertz CT molecular complexity index is 1060. The first-order chi connectivity index (χ1) is 14.6. The van der Waals surface area contributed by atoms with Gasteiger partial charge in [-0.3, -0.25) is 4.79 Å². The molecule has 30 heavy (non-hydrogen) atoms. The Balaban J connectivity index is 1.33. The number of fused-ring (bicyclic) bond motifs is 1. The number of aromatic nitrogens is 3. The van der Waals surface area contributed by atoms with E-state index < -0.39 is 5.97 Å². The quantitative estimate of drug-likeness (QED) is 0.652. The van der Waals surface area contributed by atoms with Gasteiger partial charge < -0.3 is 15.0 Å². The van der Waals surface area contributed by atoms with Gasteiger partial charge in [-0.05, 0) is 43.0 Å². The first kappa shape index (κ1) is 19.8. The van der Waals surface area contributed by atoms with E-state index in [1.807, 2.05) is 24.3 Å². The Morgan fingerprint density at radius 3 is 2.50 bits per heavy atom. The molecule has 0 bridgehead atoms. The van der Waals surface area contributed by atoms with Crippen molar-refractivity contribution in [1.82, 2.24) is 15.2 Å². The third kappa shape index (κ3) is 4.37. The van der Waals surface area contributed by atoms with Crippen LogP contribution < -0.4 is 10.2 Å². The Morgan fingerprint density at radius 2 is 1.73 bits per heavy atom. The average Bonchev–Trinajstić information content (AvgIpc) is 2.79. The summed E-state index contributed by atoms with van der Waals surface area (Å²) in [7, 11) is 1.32. The number of nitrogens with one attached hydrogen (secondary N) is 1. The highest BCUT2D eigenvalue weighted by atomic mass is 16.5. The van der Waals surface area contributed by atoms with Crippen molar-refractivity contribution in [3.8, 4) is 0 Å². The average molecular weight is 405 g/mol. The summed E-state index contributed by atoms with van der Waals surface area (Å²) < 4.78 is 4.78. The molecule has 0 radical (unpaired) electrons. The second-order valence-corrected chi connectivity index (χ2v) is 7.32. The van der Waals surface area contributed by atoms with E-state index in [1.54, 1.807) is 24.3 Å². The van der Waals surface area contributed by atoms with Crippen molar-refractivity contribution in [2.45, 2.75) is 19.3 Å². The number of anilines is 2. The van der Waals surface area contributed by atoms with Crippen LogP contribution in [-0.2, 0) is 9.53 Å². The molecule has 8 nitrogen and oxygen atoms in total. The van der Waals surface area contributed by atoms with E-state index in [9.17, 15) is 9.59 Å². The maximum Gasteiger partial charge on any atom is 0.339 e. The Hall–Kier alpha value is -3.55. The summed E-state index contributed by atoms with van der Waals surface area (Å²) in [6.07, 6.45) is 2.13. The molecule has 1 aliphatic heterocycles. The summed E-state index contributed by atoms with van der Waals surface area (Å²) >= 11 is 0. The van der Waals surface area contributed by atoms with E-state index >= 15 is 0 Å². The molecule has 0 aliphatic carbocycles. The molecule has 1 amide bonds. The molecular weight excluding hydrogens is 382 g/mol. The van der Waals surface area contributed by atoms with Gasteiger partial charge in [0.05, 0.1) is 23.9 Å². The van der Waals surface area contributed by atoms with Gasteiger partial charge in [-0.2, -0.15) is 0 Å². The number of ether oxygens (including phenoxy) is 1. The summed E-state index contributed by atoms with van der Waals surface area (Å²) in [5.41, 5.74) is 2.43. The number of para-hydroxylation sites is 2. The molecule has 0 spiro atoms. The minimum absolute atomic E-state index is 0.103. The monoisotopic (exact) mass is 405 g/mol. The van der Waals surface area contributed by atoms with Crippen molar-refractivity contribution in [1.29, 1.82) is 0 Å². The van der Waals surface area contributed by atoms with Crippen LogP contribution >= 0.6 is 0 Å². The van der Waals surface area contributed by atoms with Gasteiger partial charge in [-0.15, -0.1) is 10.2 Å². The fourth-order valence-electron chi connectivity index (χ4n) is 3.69. The van der Waals surface area contributed by atoms with Gasteiger partial charge in [-0.25, -0.2) is 9.78 Å². The normalized spacial score (nSPS) is 14.5. The number of hydrogen-bond acceptors (Lipinski definition) is 7. The van der Waals surface area contributed by atoms with Crippen molar-refractivity contribution < 1.29 is 14.3 Å². The largest absolute Gasteiger partial charge is 0.465 e. The summed E-state index contributed by atoms with van der Waals surface area (Å²) in [5.74, 6) is 0.320. The molecule has 1 aliphatic rings. The van der Waals surface area contributed by atoms with Crippen LogP contribution in [0.1, 0.15) is 29.6 Å². The lowest BCUT2D eigenvalue weighted by atomic mass is 9.93. The number of amides is 1. The van der Waals surface area contributed by atoms with Crippen LogP contribution in [0.25, 0.3) is 11.0 Å². The number of benzene rings is 2. The summed E-state index contributed by atoms with van der Waals surface area (Å²) in [6.45, 7) is 1.55. The molecule has 1 fully saturated rings. The lowest BCUT2D eigenvalue weighted by molar-refractivity contribution is -0.117. The molecule has 1 saturated heterocycles. The number of rotatable bonds is 5. The van der Waals surface area contributed by atoms with Crippen LogP contribution in [0, 0.1) is 5.92 Å². The first-order valence-corrected chi connectivity index (χ1v) is 9.95. The van der Waals surface area contributed by atoms with Crippen molar-refractivity contribution in [3.05, 3.63) is 54.1 Å². The summed E-state index contributed by atoms with van der Waals surface area (Å²) in [6, 6.07) is 14.5. The predicted molar refractivity (Wildman–Crippen MR) is 113 cm³/mol. The minimum atomic E-state index is -0.469. The second-order valence-electron chi connectivity index (χ2n) is 7.32. The number of carbonyl (C=O) groups excluding carboxylic acids is 2. The highest BCUT2D eigenvalue weighted by molar-refractivity contribution is 6.01. The van der Waals surface area contributed by atoms with Crippen LogP contribution in [0.2, 0.25) is 0 Å². The van der Waals surface area contributed by atoms with E-state index in [0.717, 1.165) is 37.0 Å². The van der Waals surface area contributed by atoms with Gasteiger partial charge >= 0.3 is 5.97 Å². The third-order valence-electron chi connectivity index (χ3n) is 5.33. The molecule has 0 unspecified atom stereocenters. The molecule has 2 aromatic carbocycles. The van der Waals surface area contributed by atoms with Crippen molar-refractivity contribution >= 4 is 34.5 Å². The number of hydrogen-bond donors (Lipinski definition) is 1. The number of piperidine rings is 1. The van der Waals surface area contributed by atoms with Crippen LogP contribution in [0.15, 0.2) is 48.5 Å². The molecule has 3 aromatic rings. The topological polar surface area (TPSA) is 97.3 Å². The van der Waals surface area contributed by atoms with Crippen LogP contribution in [-0.4, -0.2) is 47.3 Å². The van der Waals surface area contributed by atoms with E-state index in [4.69, 9.17) is 4.74 Å². The van der Waals surface area contributed by atoms with Gasteiger partial charge in [0.1, 0.15) is 5.52 Å². The number of esters is 1. The van der Waals surface area contributed by atoms with Gasteiger partial charge in [0.15, 0.2) is 0 Å². The van der Waals surface area contributed by atoms with Crippen LogP contribution in [0.5, 0.6) is 0 Å². The van der Waals surface area contributed by atoms with Gasteiger partial charge in [0.2, 0.25) is 11.9 Å². The van der Waals surface area contributed by atoms with E-state index in [-0.39, 0.29) is 11.8 Å². The highest BCUT2D eigenvalue weighted by Gasteiger charge is 2.24. The third-order valence-corrected chi connectivity index (χ3v) is 5.33. The standard InChI is InChI=1S/C22H23N5O3/c1-30-21(29)16-6-2-3-7-17(16)23-20(28)14-15-10-12-27(13-11-15)22-24-18-8-4-5-9-19(18)25-26-22/h2-9,15H,10-14H2,1H3,(H,23,28). The zero-order chi connectivity index (χ0) is 20.9. The SMILES string of the molecule is COC(=O)c1ccccc1NC(=O)CC1CCN(c2nnc3ccccc3n2)CC1. The highest BCUT2D eigenvalue weighted by Crippen LogP contribution is 2.25. The van der Waals surface area contributed by atoms with E-state index in [2.05, 4.69) is 25.4 Å².